The predicted molar refractivity (Wildman–Crippen MR) is 129 cm³/mol. The fourth-order valence-electron chi connectivity index (χ4n) is 4.50. The van der Waals surface area contributed by atoms with Crippen molar-refractivity contribution in [1.29, 1.82) is 0 Å². The highest BCUT2D eigenvalue weighted by molar-refractivity contribution is 6.09. The lowest BCUT2D eigenvalue weighted by molar-refractivity contribution is 0.653. The third kappa shape index (κ3) is 2.61. The minimum absolute atomic E-state index is 0.630. The van der Waals surface area contributed by atoms with Gasteiger partial charge in [-0.25, -0.2) is 9.97 Å². The van der Waals surface area contributed by atoms with E-state index < -0.39 is 0 Å². The van der Waals surface area contributed by atoms with E-state index in [1.54, 1.807) is 0 Å². The summed E-state index contributed by atoms with van der Waals surface area (Å²) in [6.45, 7) is 1.96. The van der Waals surface area contributed by atoms with E-state index >= 15 is 0 Å². The lowest BCUT2D eigenvalue weighted by Crippen LogP contribution is -1.99. The molecule has 0 atom stereocenters. The maximum absolute atomic E-state index is 6.29. The van der Waals surface area contributed by atoms with E-state index in [0.29, 0.717) is 11.4 Å². The van der Waals surface area contributed by atoms with Gasteiger partial charge in [-0.05, 0) is 43.3 Å². The molecule has 4 heterocycles. The summed E-state index contributed by atoms with van der Waals surface area (Å²) in [6, 6.07) is 28.3. The van der Waals surface area contributed by atoms with E-state index in [4.69, 9.17) is 9.40 Å². The summed E-state index contributed by atoms with van der Waals surface area (Å²) < 4.78 is 8.34. The summed E-state index contributed by atoms with van der Waals surface area (Å²) >= 11 is 0. The molecule has 0 unspecified atom stereocenters. The number of para-hydroxylation sites is 2. The Bertz CT molecular complexity index is 1830. The molecule has 4 aromatic heterocycles. The lowest BCUT2D eigenvalue weighted by Gasteiger charge is -2.09. The van der Waals surface area contributed by atoms with Gasteiger partial charge in [0.2, 0.25) is 5.71 Å². The van der Waals surface area contributed by atoms with Gasteiger partial charge in [0.15, 0.2) is 11.5 Å². The quantitative estimate of drug-likeness (QED) is 0.327. The molecule has 0 radical (unpaired) electrons. The van der Waals surface area contributed by atoms with Crippen LogP contribution in [0, 0.1) is 6.92 Å². The van der Waals surface area contributed by atoms with Gasteiger partial charge in [-0.1, -0.05) is 48.5 Å². The molecule has 0 aliphatic rings. The van der Waals surface area contributed by atoms with Crippen LogP contribution >= 0.6 is 0 Å². The van der Waals surface area contributed by atoms with Crippen molar-refractivity contribution in [2.75, 3.05) is 0 Å². The van der Waals surface area contributed by atoms with E-state index in [9.17, 15) is 0 Å². The molecule has 0 bridgehead atoms. The van der Waals surface area contributed by atoms with Crippen molar-refractivity contribution in [2.45, 2.75) is 6.92 Å². The number of nitrogens with zero attached hydrogens (tertiary/aromatic N) is 5. The molecule has 7 aromatic rings. The van der Waals surface area contributed by atoms with Crippen LogP contribution in [0.1, 0.15) is 5.69 Å². The van der Waals surface area contributed by atoms with Crippen LogP contribution in [0.5, 0.6) is 0 Å². The van der Waals surface area contributed by atoms with Crippen molar-refractivity contribution >= 4 is 44.1 Å². The molecule has 0 fully saturated rings. The second-order valence-corrected chi connectivity index (χ2v) is 8.09. The second kappa shape index (κ2) is 6.71. The van der Waals surface area contributed by atoms with Crippen LogP contribution in [0.25, 0.3) is 61.2 Å². The van der Waals surface area contributed by atoms with Gasteiger partial charge in [-0.15, -0.1) is 10.2 Å². The normalized spacial score (nSPS) is 11.8. The number of imidazole rings is 1. The minimum Gasteiger partial charge on any atom is -0.437 e. The fraction of sp³-hybridized carbons (Fsp3) is 0.0370. The van der Waals surface area contributed by atoms with Gasteiger partial charge in [0.1, 0.15) is 11.1 Å². The number of fused-ring (bicyclic) bond motifs is 6. The first-order valence-corrected chi connectivity index (χ1v) is 10.8. The largest absolute Gasteiger partial charge is 0.437 e. The minimum atomic E-state index is 0.630. The van der Waals surface area contributed by atoms with Crippen molar-refractivity contribution in [1.82, 2.24) is 24.7 Å². The molecule has 7 rings (SSSR count). The van der Waals surface area contributed by atoms with Gasteiger partial charge in [-0.2, -0.15) is 0 Å². The van der Waals surface area contributed by atoms with Crippen LogP contribution in [-0.4, -0.2) is 24.7 Å². The Morgan fingerprint density at radius 3 is 2.42 bits per heavy atom. The second-order valence-electron chi connectivity index (χ2n) is 8.09. The number of pyridine rings is 1. The molecule has 156 valence electrons. The summed E-state index contributed by atoms with van der Waals surface area (Å²) in [5, 5.41) is 12.0. The molecule has 6 heteroatoms. The van der Waals surface area contributed by atoms with Crippen LogP contribution in [-0.2, 0) is 0 Å². The predicted octanol–water partition coefficient (Wildman–Crippen LogP) is 6.24. The van der Waals surface area contributed by atoms with Gasteiger partial charge in [0.25, 0.3) is 0 Å². The third-order valence-electron chi connectivity index (χ3n) is 6.02. The maximum Gasteiger partial charge on any atom is 0.227 e. The van der Waals surface area contributed by atoms with Crippen molar-refractivity contribution in [3.8, 4) is 17.1 Å². The molecule has 0 spiro atoms. The first-order valence-electron chi connectivity index (χ1n) is 10.8. The Balaban J connectivity index is 1.63. The number of benzene rings is 3. The molecule has 0 saturated heterocycles. The molecule has 0 aliphatic heterocycles. The van der Waals surface area contributed by atoms with Crippen molar-refractivity contribution in [2.24, 2.45) is 0 Å². The number of hydrogen-bond donors (Lipinski definition) is 0. The average molecular weight is 427 g/mol. The monoisotopic (exact) mass is 427 g/mol. The Morgan fingerprint density at radius 1 is 0.697 bits per heavy atom. The number of rotatable bonds is 2. The first-order chi connectivity index (χ1) is 16.3. The lowest BCUT2D eigenvalue weighted by atomic mass is 10.1. The molecule has 33 heavy (non-hydrogen) atoms. The summed E-state index contributed by atoms with van der Waals surface area (Å²) in [4.78, 5) is 9.70. The fourth-order valence-corrected chi connectivity index (χ4v) is 4.50. The highest BCUT2D eigenvalue weighted by atomic mass is 16.3. The number of hydrogen-bond acceptors (Lipinski definition) is 5. The topological polar surface area (TPSA) is 69.6 Å². The summed E-state index contributed by atoms with van der Waals surface area (Å²) in [5.74, 6) is 0.753. The van der Waals surface area contributed by atoms with Crippen molar-refractivity contribution in [3.05, 3.63) is 90.6 Å². The third-order valence-corrected chi connectivity index (χ3v) is 6.02. The molecular formula is C27H17N5O. The van der Waals surface area contributed by atoms with Crippen LogP contribution in [0.4, 0.5) is 0 Å². The maximum atomic E-state index is 6.29. The summed E-state index contributed by atoms with van der Waals surface area (Å²) in [7, 11) is 0. The number of furan rings is 1. The molecule has 6 nitrogen and oxygen atoms in total. The molecule has 0 N–H and O–H groups in total. The molecule has 0 saturated carbocycles. The molecule has 3 aromatic carbocycles. The van der Waals surface area contributed by atoms with Crippen LogP contribution in [0.15, 0.2) is 89.3 Å². The van der Waals surface area contributed by atoms with Gasteiger partial charge in [0.05, 0.1) is 11.1 Å². The van der Waals surface area contributed by atoms with E-state index in [0.717, 1.165) is 55.5 Å². The molecule has 0 aliphatic carbocycles. The zero-order valence-electron chi connectivity index (χ0n) is 17.7. The zero-order valence-corrected chi connectivity index (χ0v) is 17.7. The van der Waals surface area contributed by atoms with Gasteiger partial charge in [-0.3, -0.25) is 4.57 Å². The first kappa shape index (κ1) is 18.0. The smallest absolute Gasteiger partial charge is 0.227 e. The van der Waals surface area contributed by atoms with Gasteiger partial charge < -0.3 is 4.42 Å². The standard InChI is InChI=1S/C27H17N5O/c1-16-14-15-19-18-11-7-12-21(24(18)33-27(19)28-16)25-29-23-20-10-5-6-13-22(20)30-31-26(23)32(25)17-8-3-2-4-9-17/h2-15H,1H3. The Kier molecular flexibility index (Phi) is 3.67. The van der Waals surface area contributed by atoms with E-state index in [-0.39, 0.29) is 0 Å². The Labute approximate surface area is 188 Å². The zero-order chi connectivity index (χ0) is 21.9. The average Bonchev–Trinajstić information content (AvgIpc) is 3.42. The van der Waals surface area contributed by atoms with Crippen LogP contribution in [0.2, 0.25) is 0 Å². The number of aromatic nitrogens is 5. The van der Waals surface area contributed by atoms with E-state index in [1.165, 1.54) is 0 Å². The van der Waals surface area contributed by atoms with Crippen LogP contribution in [0.3, 0.4) is 0 Å². The van der Waals surface area contributed by atoms with Crippen molar-refractivity contribution in [3.63, 3.8) is 0 Å². The highest BCUT2D eigenvalue weighted by Gasteiger charge is 2.22. The van der Waals surface area contributed by atoms with E-state index in [1.807, 2.05) is 79.7 Å². The molecular weight excluding hydrogens is 410 g/mol. The Morgan fingerprint density at radius 2 is 1.52 bits per heavy atom. The van der Waals surface area contributed by atoms with Crippen LogP contribution < -0.4 is 0 Å². The van der Waals surface area contributed by atoms with Gasteiger partial charge >= 0.3 is 0 Å². The molecule has 0 amide bonds. The summed E-state index contributed by atoms with van der Waals surface area (Å²) in [6.07, 6.45) is 0. The highest BCUT2D eigenvalue weighted by Crippen LogP contribution is 2.37. The SMILES string of the molecule is Cc1ccc2c(n1)oc1c(-c3nc4c5ccccc5nnc4n3-c3ccccc3)cccc12. The Hall–Kier alpha value is -4.58. The number of aryl methyl sites for hydroxylation is 1. The van der Waals surface area contributed by atoms with Gasteiger partial charge in [0, 0.05) is 27.5 Å². The summed E-state index contributed by atoms with van der Waals surface area (Å²) in [5.41, 5.74) is 6.48. The van der Waals surface area contributed by atoms with E-state index in [2.05, 4.69) is 31.9 Å². The van der Waals surface area contributed by atoms with Crippen molar-refractivity contribution < 1.29 is 4.42 Å².